The Balaban J connectivity index is 0.00000259. The van der Waals surface area contributed by atoms with Gasteiger partial charge >= 0.3 is 0 Å². The van der Waals surface area contributed by atoms with Crippen molar-refractivity contribution in [1.29, 1.82) is 0 Å². The normalized spacial score (nSPS) is 15.8. The Morgan fingerprint density at radius 1 is 0.879 bits per heavy atom. The van der Waals surface area contributed by atoms with Gasteiger partial charge in [-0.15, -0.1) is 28.8 Å². The highest BCUT2D eigenvalue weighted by atomic mass is 35.5. The topological polar surface area (TPSA) is 50.1 Å². The number of nitrogens with zero attached hydrogens (tertiary/aromatic N) is 6. The van der Waals surface area contributed by atoms with Crippen LogP contribution in [0.25, 0.3) is 0 Å². The smallest absolute Gasteiger partial charge is 0.173 e. The summed E-state index contributed by atoms with van der Waals surface area (Å²) >= 11 is 1.69. The molecule has 33 heavy (non-hydrogen) atoms. The van der Waals surface area contributed by atoms with Gasteiger partial charge in [0.25, 0.3) is 0 Å². The number of tetrazole rings is 1. The summed E-state index contributed by atoms with van der Waals surface area (Å²) in [6, 6.07) is 21.3. The van der Waals surface area contributed by atoms with Crippen LogP contribution in [-0.2, 0) is 13.1 Å². The summed E-state index contributed by atoms with van der Waals surface area (Å²) in [4.78, 5) is 6.08. The van der Waals surface area contributed by atoms with Crippen molar-refractivity contribution in [2.45, 2.75) is 19.1 Å². The van der Waals surface area contributed by atoms with Crippen LogP contribution in [0.4, 0.5) is 4.39 Å². The molecule has 1 unspecified atom stereocenters. The molecule has 1 saturated heterocycles. The number of piperazine rings is 1. The molecule has 9 heteroatoms. The summed E-state index contributed by atoms with van der Waals surface area (Å²) in [7, 11) is 0. The van der Waals surface area contributed by atoms with Gasteiger partial charge in [-0.25, -0.2) is 9.07 Å². The first kappa shape index (κ1) is 23.5. The molecular weight excluding hydrogens is 459 g/mol. The van der Waals surface area contributed by atoms with Crippen LogP contribution in [0, 0.1) is 5.82 Å². The van der Waals surface area contributed by atoms with Crippen molar-refractivity contribution < 1.29 is 4.39 Å². The molecule has 0 bridgehead atoms. The molecule has 4 aromatic rings. The minimum Gasteiger partial charge on any atom is -0.297 e. The number of rotatable bonds is 7. The standard InChI is InChI=1S/C24H25FN6S.ClH/c25-21-10-8-20(9-11-21)23(24-26-27-28-31(24)18-22-7-4-16-32-22)30-14-12-29(13-15-30)17-19-5-2-1-3-6-19;/h1-11,16,23H,12-15,17-18H2;1H. The lowest BCUT2D eigenvalue weighted by atomic mass is 10.0. The predicted molar refractivity (Wildman–Crippen MR) is 130 cm³/mol. The minimum atomic E-state index is -0.238. The third kappa shape index (κ3) is 5.65. The largest absolute Gasteiger partial charge is 0.297 e. The van der Waals surface area contributed by atoms with Crippen LogP contribution in [0.1, 0.15) is 27.9 Å². The molecule has 0 radical (unpaired) electrons. The molecule has 1 atom stereocenters. The molecule has 172 valence electrons. The molecule has 2 aromatic carbocycles. The lowest BCUT2D eigenvalue weighted by Crippen LogP contribution is -2.48. The van der Waals surface area contributed by atoms with Gasteiger partial charge in [-0.2, -0.15) is 0 Å². The van der Waals surface area contributed by atoms with Crippen LogP contribution in [0.15, 0.2) is 72.1 Å². The highest BCUT2D eigenvalue weighted by molar-refractivity contribution is 7.09. The van der Waals surface area contributed by atoms with E-state index in [1.165, 1.54) is 22.6 Å². The van der Waals surface area contributed by atoms with E-state index in [1.807, 2.05) is 22.9 Å². The van der Waals surface area contributed by atoms with E-state index in [2.05, 4.69) is 67.1 Å². The highest BCUT2D eigenvalue weighted by Gasteiger charge is 2.30. The first-order chi connectivity index (χ1) is 15.8. The fourth-order valence-electron chi connectivity index (χ4n) is 4.26. The zero-order valence-corrected chi connectivity index (χ0v) is 19.8. The third-order valence-corrected chi connectivity index (χ3v) is 6.76. The van der Waals surface area contributed by atoms with Crippen molar-refractivity contribution in [3.05, 3.63) is 99.8 Å². The molecule has 1 aliphatic heterocycles. The summed E-state index contributed by atoms with van der Waals surface area (Å²) in [5.74, 6) is 0.555. The predicted octanol–water partition coefficient (Wildman–Crippen LogP) is 4.25. The van der Waals surface area contributed by atoms with Crippen molar-refractivity contribution in [3.8, 4) is 0 Å². The van der Waals surface area contributed by atoms with Gasteiger partial charge < -0.3 is 0 Å². The Kier molecular flexibility index (Phi) is 7.82. The zero-order chi connectivity index (χ0) is 21.8. The highest BCUT2D eigenvalue weighted by Crippen LogP contribution is 2.29. The molecule has 1 aliphatic rings. The lowest BCUT2D eigenvalue weighted by Gasteiger charge is -2.39. The Labute approximate surface area is 203 Å². The molecule has 0 N–H and O–H groups in total. The summed E-state index contributed by atoms with van der Waals surface area (Å²) in [5.41, 5.74) is 2.33. The third-order valence-electron chi connectivity index (χ3n) is 5.90. The van der Waals surface area contributed by atoms with Crippen molar-refractivity contribution in [2.75, 3.05) is 26.2 Å². The van der Waals surface area contributed by atoms with Crippen LogP contribution in [0.5, 0.6) is 0 Å². The second-order valence-electron chi connectivity index (χ2n) is 8.03. The molecule has 1 fully saturated rings. The summed E-state index contributed by atoms with van der Waals surface area (Å²) in [5, 5.41) is 14.7. The van der Waals surface area contributed by atoms with Gasteiger partial charge in [0.2, 0.25) is 0 Å². The van der Waals surface area contributed by atoms with Gasteiger partial charge in [-0.05, 0) is 45.1 Å². The number of thiophene rings is 1. The molecule has 0 aliphatic carbocycles. The van der Waals surface area contributed by atoms with E-state index in [9.17, 15) is 4.39 Å². The van der Waals surface area contributed by atoms with E-state index in [0.717, 1.165) is 44.1 Å². The second-order valence-corrected chi connectivity index (χ2v) is 9.06. The molecule has 0 spiro atoms. The number of hydrogen-bond donors (Lipinski definition) is 0. The van der Waals surface area contributed by atoms with Crippen LogP contribution in [-0.4, -0.2) is 56.2 Å². The Hall–Kier alpha value is -2.65. The van der Waals surface area contributed by atoms with Gasteiger partial charge in [0.1, 0.15) is 5.82 Å². The molecule has 6 nitrogen and oxygen atoms in total. The quantitative estimate of drug-likeness (QED) is 0.392. The number of halogens is 2. The van der Waals surface area contributed by atoms with Crippen LogP contribution < -0.4 is 0 Å². The van der Waals surface area contributed by atoms with Crippen LogP contribution >= 0.6 is 23.7 Å². The second kappa shape index (κ2) is 11.0. The first-order valence-corrected chi connectivity index (χ1v) is 11.7. The van der Waals surface area contributed by atoms with E-state index in [1.54, 1.807) is 11.3 Å². The van der Waals surface area contributed by atoms with Gasteiger partial charge in [0.05, 0.1) is 12.6 Å². The van der Waals surface area contributed by atoms with Crippen molar-refractivity contribution in [3.63, 3.8) is 0 Å². The zero-order valence-electron chi connectivity index (χ0n) is 18.1. The van der Waals surface area contributed by atoms with E-state index >= 15 is 0 Å². The maximum absolute atomic E-state index is 13.7. The first-order valence-electron chi connectivity index (χ1n) is 10.8. The Bertz CT molecular complexity index is 1110. The SMILES string of the molecule is Cl.Fc1ccc(C(c2nnnn2Cc2cccs2)N2CCN(Cc3ccccc3)CC2)cc1. The van der Waals surface area contributed by atoms with Gasteiger partial charge in [-0.3, -0.25) is 9.80 Å². The van der Waals surface area contributed by atoms with Gasteiger partial charge in [0.15, 0.2) is 5.82 Å². The van der Waals surface area contributed by atoms with Crippen molar-refractivity contribution >= 4 is 23.7 Å². The van der Waals surface area contributed by atoms with E-state index in [0.29, 0.717) is 6.54 Å². The Morgan fingerprint density at radius 3 is 2.33 bits per heavy atom. The molecule has 0 amide bonds. The maximum atomic E-state index is 13.7. The van der Waals surface area contributed by atoms with Gasteiger partial charge in [0, 0.05) is 37.6 Å². The molecule has 3 heterocycles. The van der Waals surface area contributed by atoms with Crippen LogP contribution in [0.3, 0.4) is 0 Å². The fourth-order valence-corrected chi connectivity index (χ4v) is 4.95. The van der Waals surface area contributed by atoms with Crippen LogP contribution in [0.2, 0.25) is 0 Å². The number of benzene rings is 2. The number of aromatic nitrogens is 4. The molecule has 5 rings (SSSR count). The monoisotopic (exact) mass is 484 g/mol. The maximum Gasteiger partial charge on any atom is 0.173 e. The van der Waals surface area contributed by atoms with E-state index < -0.39 is 0 Å². The average molecular weight is 485 g/mol. The minimum absolute atomic E-state index is 0. The lowest BCUT2D eigenvalue weighted by molar-refractivity contribution is 0.100. The van der Waals surface area contributed by atoms with Crippen molar-refractivity contribution in [2.24, 2.45) is 0 Å². The fraction of sp³-hybridized carbons (Fsp3) is 0.292. The van der Waals surface area contributed by atoms with E-state index in [-0.39, 0.29) is 24.3 Å². The summed E-state index contributed by atoms with van der Waals surface area (Å²) in [6.07, 6.45) is 0. The average Bonchev–Trinajstić information content (AvgIpc) is 3.50. The summed E-state index contributed by atoms with van der Waals surface area (Å²) in [6.45, 7) is 5.28. The number of hydrogen-bond acceptors (Lipinski definition) is 6. The van der Waals surface area contributed by atoms with E-state index in [4.69, 9.17) is 0 Å². The van der Waals surface area contributed by atoms with Crippen molar-refractivity contribution in [1.82, 2.24) is 30.0 Å². The molecular formula is C24H26ClFN6S. The summed E-state index contributed by atoms with van der Waals surface area (Å²) < 4.78 is 15.5. The van der Waals surface area contributed by atoms with Gasteiger partial charge in [-0.1, -0.05) is 48.5 Å². The molecule has 0 saturated carbocycles. The molecule has 2 aromatic heterocycles. The Morgan fingerprint density at radius 2 is 1.64 bits per heavy atom.